The molecule has 3 rings (SSSR count). The number of carbonyl (C=O) groups is 1. The molecule has 0 spiro atoms. The van der Waals surface area contributed by atoms with E-state index in [4.69, 9.17) is 16.9 Å². The molecule has 0 aliphatic heterocycles. The maximum atomic E-state index is 13.2. The number of rotatable bonds is 7. The molecule has 2 aromatic rings. The van der Waals surface area contributed by atoms with Crippen LogP contribution in [0.4, 0.5) is 36.8 Å². The molecule has 226 valence electrons. The lowest BCUT2D eigenvalue weighted by molar-refractivity contribution is -0.137. The normalized spacial score (nSPS) is 18.0. The van der Waals surface area contributed by atoms with Gasteiger partial charge >= 0.3 is 18.4 Å². The lowest BCUT2D eigenvalue weighted by atomic mass is 9.82. The largest absolute Gasteiger partial charge is 0.416 e. The molecule has 42 heavy (non-hydrogen) atoms. The summed E-state index contributed by atoms with van der Waals surface area (Å²) in [6, 6.07) is 9.91. The van der Waals surface area contributed by atoms with E-state index in [0.29, 0.717) is 34.7 Å². The van der Waals surface area contributed by atoms with Crippen molar-refractivity contribution in [2.45, 2.75) is 45.0 Å². The van der Waals surface area contributed by atoms with Gasteiger partial charge in [0.2, 0.25) is 0 Å². The highest BCUT2D eigenvalue weighted by atomic mass is 19.4. The summed E-state index contributed by atoms with van der Waals surface area (Å²) in [5.41, 5.74) is 13.9. The molecule has 0 saturated heterocycles. The van der Waals surface area contributed by atoms with E-state index >= 15 is 0 Å². The van der Waals surface area contributed by atoms with Gasteiger partial charge in [0.25, 0.3) is 0 Å². The maximum Gasteiger partial charge on any atom is 0.416 e. The summed E-state index contributed by atoms with van der Waals surface area (Å²) < 4.78 is 78.7. The molecule has 1 saturated carbocycles. The Kier molecular flexibility index (Phi) is 10.1. The van der Waals surface area contributed by atoms with Gasteiger partial charge in [0.05, 0.1) is 24.2 Å². The second-order valence-electron chi connectivity index (χ2n) is 10.0. The Labute approximate surface area is 239 Å². The van der Waals surface area contributed by atoms with Gasteiger partial charge in [-0.25, -0.2) is 4.79 Å². The van der Waals surface area contributed by atoms with Crippen molar-refractivity contribution in [3.63, 3.8) is 0 Å². The number of amides is 2. The first-order valence-electron chi connectivity index (χ1n) is 13.0. The molecular formula is C29H32F6N6O. The quantitative estimate of drug-likeness (QED) is 0.165. The third-order valence-corrected chi connectivity index (χ3v) is 6.77. The number of urea groups is 1. The van der Waals surface area contributed by atoms with Crippen LogP contribution < -0.4 is 16.8 Å². The van der Waals surface area contributed by atoms with Crippen LogP contribution in [0.15, 0.2) is 77.1 Å². The molecule has 0 aromatic heterocycles. The molecule has 1 fully saturated rings. The number of benzene rings is 2. The van der Waals surface area contributed by atoms with Crippen LogP contribution in [0.1, 0.15) is 42.4 Å². The number of aryl methyl sites for hydroxylation is 1. The molecule has 0 radical (unpaired) electrons. The molecule has 13 heteroatoms. The second kappa shape index (κ2) is 13.1. The number of alkyl halides is 6. The number of hydrogen-bond acceptors (Lipinski definition) is 5. The zero-order valence-electron chi connectivity index (χ0n) is 22.9. The molecule has 7 nitrogen and oxygen atoms in total. The molecule has 1 atom stereocenters. The highest BCUT2D eigenvalue weighted by Crippen LogP contribution is 2.34. The lowest BCUT2D eigenvalue weighted by Crippen LogP contribution is -2.46. The van der Waals surface area contributed by atoms with Crippen molar-refractivity contribution in [3.05, 3.63) is 88.8 Å². The SMILES string of the molecule is C=C(N)C1CC/C(=C(/N)CNC(=O)N(CCC(F)(F)F)C(=N)c2ccc(C)cc2)C(=Nc2cccc(C(F)(F)F)c2)C1. The smallest absolute Gasteiger partial charge is 0.402 e. The van der Waals surface area contributed by atoms with Crippen molar-refractivity contribution in [2.24, 2.45) is 22.4 Å². The van der Waals surface area contributed by atoms with Gasteiger partial charge in [-0.1, -0.05) is 42.5 Å². The van der Waals surface area contributed by atoms with E-state index < -0.39 is 42.7 Å². The van der Waals surface area contributed by atoms with E-state index in [1.807, 2.05) is 0 Å². The number of nitrogens with zero attached hydrogens (tertiary/aromatic N) is 2. The fourth-order valence-electron chi connectivity index (χ4n) is 4.40. The van der Waals surface area contributed by atoms with Crippen LogP contribution in [0.5, 0.6) is 0 Å². The van der Waals surface area contributed by atoms with E-state index in [-0.39, 0.29) is 35.8 Å². The Morgan fingerprint density at radius 1 is 1.12 bits per heavy atom. The zero-order chi connectivity index (χ0) is 31.2. The topological polar surface area (TPSA) is 121 Å². The predicted molar refractivity (Wildman–Crippen MR) is 149 cm³/mol. The summed E-state index contributed by atoms with van der Waals surface area (Å²) in [7, 11) is 0. The van der Waals surface area contributed by atoms with Crippen molar-refractivity contribution >= 4 is 23.3 Å². The Bertz CT molecular complexity index is 1380. The van der Waals surface area contributed by atoms with Gasteiger partial charge in [0.15, 0.2) is 0 Å². The minimum atomic E-state index is -4.57. The fraction of sp³-hybridized carbons (Fsp3) is 0.345. The monoisotopic (exact) mass is 594 g/mol. The van der Waals surface area contributed by atoms with E-state index in [1.54, 1.807) is 19.1 Å². The number of allylic oxidation sites excluding steroid dienone is 2. The summed E-state index contributed by atoms with van der Waals surface area (Å²) in [6.07, 6.45) is -9.36. The Balaban J connectivity index is 1.87. The average molecular weight is 595 g/mol. The predicted octanol–water partition coefficient (Wildman–Crippen LogP) is 6.56. The summed E-state index contributed by atoms with van der Waals surface area (Å²) in [4.78, 5) is 18.1. The number of nitrogens with one attached hydrogen (secondary N) is 2. The van der Waals surface area contributed by atoms with E-state index in [2.05, 4.69) is 16.9 Å². The minimum absolute atomic E-state index is 0.0438. The first-order valence-corrected chi connectivity index (χ1v) is 13.0. The van der Waals surface area contributed by atoms with Gasteiger partial charge < -0.3 is 16.8 Å². The highest BCUT2D eigenvalue weighted by Gasteiger charge is 2.32. The standard InChI is InChI=1S/C29H32F6N6O/c1-17-6-8-19(9-7-17)26(38)41(13-12-28(30,31)32)27(42)39-16-24(37)23-11-10-20(18(2)36)14-25(23)40-22-5-3-4-21(15-22)29(33,34)35/h3-9,15,20,38H,2,10-14,16,36-37H2,1H3,(H,39,42)/b24-23-,38-26?,40-25?. The molecule has 1 aliphatic rings. The summed E-state index contributed by atoms with van der Waals surface area (Å²) in [5, 5.41) is 10.9. The van der Waals surface area contributed by atoms with E-state index in [9.17, 15) is 31.1 Å². The summed E-state index contributed by atoms with van der Waals surface area (Å²) in [5.74, 6) is -0.620. The molecule has 1 aliphatic carbocycles. The van der Waals surface area contributed by atoms with Crippen molar-refractivity contribution in [2.75, 3.05) is 13.1 Å². The fourth-order valence-corrected chi connectivity index (χ4v) is 4.40. The number of aliphatic imine (C=N–C) groups is 1. The van der Waals surface area contributed by atoms with Gasteiger partial charge in [-0.3, -0.25) is 15.3 Å². The zero-order valence-corrected chi connectivity index (χ0v) is 22.9. The molecule has 0 bridgehead atoms. The maximum absolute atomic E-state index is 13.2. The average Bonchev–Trinajstić information content (AvgIpc) is 2.91. The third-order valence-electron chi connectivity index (χ3n) is 6.77. The number of halogens is 6. The first-order chi connectivity index (χ1) is 19.5. The summed E-state index contributed by atoms with van der Waals surface area (Å²) >= 11 is 0. The number of hydrogen-bond donors (Lipinski definition) is 4. The van der Waals surface area contributed by atoms with Gasteiger partial charge in [0, 0.05) is 35.1 Å². The van der Waals surface area contributed by atoms with Crippen LogP contribution in [0, 0.1) is 18.3 Å². The Morgan fingerprint density at radius 3 is 2.38 bits per heavy atom. The van der Waals surface area contributed by atoms with Crippen LogP contribution in [0.3, 0.4) is 0 Å². The third kappa shape index (κ3) is 8.85. The van der Waals surface area contributed by atoms with Crippen molar-refractivity contribution in [1.29, 1.82) is 5.41 Å². The number of carbonyl (C=O) groups excluding carboxylic acids is 1. The van der Waals surface area contributed by atoms with Gasteiger partial charge in [-0.15, -0.1) is 0 Å². The van der Waals surface area contributed by atoms with Crippen LogP contribution in [0.2, 0.25) is 0 Å². The molecular weight excluding hydrogens is 562 g/mol. The minimum Gasteiger partial charge on any atom is -0.402 e. The van der Waals surface area contributed by atoms with Gasteiger partial charge in [-0.05, 0) is 50.0 Å². The molecule has 0 heterocycles. The van der Waals surface area contributed by atoms with Crippen molar-refractivity contribution in [3.8, 4) is 0 Å². The molecule has 2 aromatic carbocycles. The van der Waals surface area contributed by atoms with Crippen molar-refractivity contribution < 1.29 is 31.1 Å². The van der Waals surface area contributed by atoms with E-state index in [1.165, 1.54) is 24.3 Å². The van der Waals surface area contributed by atoms with Crippen LogP contribution >= 0.6 is 0 Å². The van der Waals surface area contributed by atoms with Crippen LogP contribution in [0.25, 0.3) is 0 Å². The van der Waals surface area contributed by atoms with Gasteiger partial charge in [-0.2, -0.15) is 26.3 Å². The first kappa shape index (κ1) is 32.2. The summed E-state index contributed by atoms with van der Waals surface area (Å²) in [6.45, 7) is 4.48. The highest BCUT2D eigenvalue weighted by molar-refractivity contribution is 6.06. The second-order valence-corrected chi connectivity index (χ2v) is 10.0. The van der Waals surface area contributed by atoms with Crippen molar-refractivity contribution in [1.82, 2.24) is 10.2 Å². The Morgan fingerprint density at radius 2 is 1.79 bits per heavy atom. The van der Waals surface area contributed by atoms with E-state index in [0.717, 1.165) is 17.7 Å². The Hall–Kier alpha value is -4.29. The molecule has 6 N–H and O–H groups in total. The molecule has 1 unspecified atom stereocenters. The van der Waals surface area contributed by atoms with Crippen LogP contribution in [-0.4, -0.2) is 41.7 Å². The van der Waals surface area contributed by atoms with Crippen LogP contribution in [-0.2, 0) is 6.18 Å². The molecule has 2 amide bonds. The number of amidine groups is 1. The lowest BCUT2D eigenvalue weighted by Gasteiger charge is -2.28. The van der Waals surface area contributed by atoms with Gasteiger partial charge in [0.1, 0.15) is 5.84 Å². The number of nitrogens with two attached hydrogens (primary N) is 2.